The summed E-state index contributed by atoms with van der Waals surface area (Å²) in [5, 5.41) is 2.96. The number of benzene rings is 1. The Morgan fingerprint density at radius 1 is 1.36 bits per heavy atom. The molecule has 0 spiro atoms. The second-order valence-electron chi connectivity index (χ2n) is 5.39. The van der Waals surface area contributed by atoms with Crippen LogP contribution in [0, 0.1) is 11.8 Å². The molecule has 1 amide bonds. The zero-order chi connectivity index (χ0) is 15.1. The summed E-state index contributed by atoms with van der Waals surface area (Å²) >= 11 is 0. The summed E-state index contributed by atoms with van der Waals surface area (Å²) in [6.45, 7) is 4.49. The van der Waals surface area contributed by atoms with Crippen LogP contribution >= 0.6 is 12.4 Å². The Hall–Kier alpha value is -1.30. The number of carbonyl (C=O) groups is 1. The van der Waals surface area contributed by atoms with E-state index in [2.05, 4.69) is 5.32 Å². The number of ether oxygens (including phenoxy) is 2. The fraction of sp³-hybridized carbons (Fsp3) is 0.562. The number of halogens is 1. The summed E-state index contributed by atoms with van der Waals surface area (Å²) < 4.78 is 10.7. The molecule has 1 aliphatic rings. The van der Waals surface area contributed by atoms with E-state index in [0.717, 1.165) is 37.5 Å². The molecule has 1 aliphatic heterocycles. The first-order valence-electron chi connectivity index (χ1n) is 7.52. The smallest absolute Gasteiger partial charge is 0.227 e. The van der Waals surface area contributed by atoms with Crippen molar-refractivity contribution < 1.29 is 14.3 Å². The molecule has 3 N–H and O–H groups in total. The molecule has 5 nitrogen and oxygen atoms in total. The van der Waals surface area contributed by atoms with E-state index in [-0.39, 0.29) is 24.2 Å². The summed E-state index contributed by atoms with van der Waals surface area (Å²) in [4.78, 5) is 12.3. The van der Waals surface area contributed by atoms with E-state index < -0.39 is 0 Å². The van der Waals surface area contributed by atoms with E-state index in [4.69, 9.17) is 15.2 Å². The molecule has 1 aromatic carbocycles. The van der Waals surface area contributed by atoms with E-state index in [0.29, 0.717) is 19.1 Å². The van der Waals surface area contributed by atoms with Gasteiger partial charge in [-0.3, -0.25) is 4.79 Å². The Kier molecular flexibility index (Phi) is 8.24. The monoisotopic (exact) mass is 328 g/mol. The molecule has 1 unspecified atom stereocenters. The van der Waals surface area contributed by atoms with Crippen molar-refractivity contribution in [3.63, 3.8) is 0 Å². The van der Waals surface area contributed by atoms with Gasteiger partial charge in [0.2, 0.25) is 5.91 Å². The van der Waals surface area contributed by atoms with Crippen LogP contribution in [0.3, 0.4) is 0 Å². The van der Waals surface area contributed by atoms with Crippen LogP contribution in [0.2, 0.25) is 0 Å². The second-order valence-corrected chi connectivity index (χ2v) is 5.39. The number of nitrogens with one attached hydrogen (secondary N) is 1. The molecule has 0 bridgehead atoms. The molecule has 1 atom stereocenters. The Morgan fingerprint density at radius 2 is 2.00 bits per heavy atom. The zero-order valence-electron chi connectivity index (χ0n) is 12.9. The topological polar surface area (TPSA) is 73.6 Å². The molecule has 0 saturated carbocycles. The molecule has 1 saturated heterocycles. The molecule has 1 fully saturated rings. The van der Waals surface area contributed by atoms with E-state index in [1.807, 2.05) is 31.2 Å². The summed E-state index contributed by atoms with van der Waals surface area (Å²) in [6.07, 6.45) is 1.92. The second kappa shape index (κ2) is 9.66. The average Bonchev–Trinajstić information content (AvgIpc) is 2.54. The maximum Gasteiger partial charge on any atom is 0.227 e. The summed E-state index contributed by atoms with van der Waals surface area (Å²) in [7, 11) is 0. The third kappa shape index (κ3) is 5.48. The molecule has 1 heterocycles. The van der Waals surface area contributed by atoms with Crippen molar-refractivity contribution in [1.29, 1.82) is 0 Å². The van der Waals surface area contributed by atoms with Gasteiger partial charge in [0.05, 0.1) is 0 Å². The maximum atomic E-state index is 12.3. The quantitative estimate of drug-likeness (QED) is 0.841. The molecule has 0 aromatic heterocycles. The summed E-state index contributed by atoms with van der Waals surface area (Å²) in [5.41, 5.74) is 6.18. The van der Waals surface area contributed by atoms with Gasteiger partial charge in [-0.2, -0.15) is 0 Å². The Balaban J connectivity index is 0.00000242. The zero-order valence-corrected chi connectivity index (χ0v) is 13.7. The van der Waals surface area contributed by atoms with E-state index in [1.54, 1.807) is 0 Å². The van der Waals surface area contributed by atoms with Crippen LogP contribution < -0.4 is 15.8 Å². The van der Waals surface area contributed by atoms with Crippen LogP contribution in [0.4, 0.5) is 5.69 Å². The Labute approximate surface area is 138 Å². The van der Waals surface area contributed by atoms with E-state index >= 15 is 0 Å². The van der Waals surface area contributed by atoms with Gasteiger partial charge in [-0.05, 0) is 43.0 Å². The molecule has 1 aromatic rings. The number of anilines is 1. The third-order valence-electron chi connectivity index (χ3n) is 3.90. The lowest BCUT2D eigenvalue weighted by molar-refractivity contribution is -0.122. The first-order valence-corrected chi connectivity index (χ1v) is 7.52. The third-order valence-corrected chi connectivity index (χ3v) is 3.90. The first-order chi connectivity index (χ1) is 10.2. The number of nitrogens with two attached hydrogens (primary N) is 1. The van der Waals surface area contributed by atoms with Crippen molar-refractivity contribution in [2.24, 2.45) is 17.6 Å². The maximum absolute atomic E-state index is 12.3. The molecule has 22 heavy (non-hydrogen) atoms. The lowest BCUT2D eigenvalue weighted by Crippen LogP contribution is -2.30. The van der Waals surface area contributed by atoms with Crippen LogP contribution in [0.15, 0.2) is 24.3 Å². The molecule has 6 heteroatoms. The van der Waals surface area contributed by atoms with Crippen molar-refractivity contribution in [1.82, 2.24) is 0 Å². The van der Waals surface area contributed by atoms with Crippen LogP contribution in [-0.2, 0) is 9.53 Å². The highest BCUT2D eigenvalue weighted by Gasteiger charge is 2.25. The lowest BCUT2D eigenvalue weighted by Gasteiger charge is -2.26. The van der Waals surface area contributed by atoms with Gasteiger partial charge in [-0.1, -0.05) is 6.92 Å². The minimum absolute atomic E-state index is 0. The molecular formula is C16H25ClN2O3. The Bertz CT molecular complexity index is 447. The fourth-order valence-electron chi connectivity index (χ4n) is 2.50. The largest absolute Gasteiger partial charge is 0.492 e. The highest BCUT2D eigenvalue weighted by atomic mass is 35.5. The van der Waals surface area contributed by atoms with Gasteiger partial charge in [0, 0.05) is 31.4 Å². The lowest BCUT2D eigenvalue weighted by atomic mass is 9.87. The number of hydrogen-bond acceptors (Lipinski definition) is 4. The number of amides is 1. The van der Waals surface area contributed by atoms with E-state index in [9.17, 15) is 4.79 Å². The van der Waals surface area contributed by atoms with Crippen LogP contribution in [0.1, 0.15) is 19.8 Å². The van der Waals surface area contributed by atoms with Gasteiger partial charge in [-0.25, -0.2) is 0 Å². The number of rotatable bonds is 6. The van der Waals surface area contributed by atoms with Crippen molar-refractivity contribution >= 4 is 24.0 Å². The minimum Gasteiger partial charge on any atom is -0.492 e. The normalized spacial score (nSPS) is 16.5. The SMILES string of the molecule is CC(C(=O)Nc1ccc(OCCN)cc1)C1CCOCC1.Cl. The molecule has 124 valence electrons. The van der Waals surface area contributed by atoms with Gasteiger partial charge in [-0.15, -0.1) is 12.4 Å². The Morgan fingerprint density at radius 3 is 2.59 bits per heavy atom. The average molecular weight is 329 g/mol. The van der Waals surface area contributed by atoms with Gasteiger partial charge >= 0.3 is 0 Å². The van der Waals surface area contributed by atoms with Crippen molar-refractivity contribution in [2.75, 3.05) is 31.7 Å². The van der Waals surface area contributed by atoms with Gasteiger partial charge in [0.25, 0.3) is 0 Å². The number of carbonyl (C=O) groups excluding carboxylic acids is 1. The first kappa shape index (κ1) is 18.7. The molecular weight excluding hydrogens is 304 g/mol. The van der Waals surface area contributed by atoms with Gasteiger partial charge in [0.15, 0.2) is 0 Å². The van der Waals surface area contributed by atoms with Crippen molar-refractivity contribution in [3.05, 3.63) is 24.3 Å². The summed E-state index contributed by atoms with van der Waals surface area (Å²) in [5.74, 6) is 1.24. The molecule has 0 aliphatic carbocycles. The minimum atomic E-state index is 0. The predicted octanol–water partition coefficient (Wildman–Crippen LogP) is 2.45. The van der Waals surface area contributed by atoms with E-state index in [1.165, 1.54) is 0 Å². The van der Waals surface area contributed by atoms with Crippen LogP contribution in [0.25, 0.3) is 0 Å². The molecule has 0 radical (unpaired) electrons. The highest BCUT2D eigenvalue weighted by Crippen LogP contribution is 2.25. The summed E-state index contributed by atoms with van der Waals surface area (Å²) in [6, 6.07) is 7.37. The van der Waals surface area contributed by atoms with Crippen molar-refractivity contribution in [3.8, 4) is 5.75 Å². The van der Waals surface area contributed by atoms with Gasteiger partial charge < -0.3 is 20.5 Å². The van der Waals surface area contributed by atoms with Gasteiger partial charge in [0.1, 0.15) is 12.4 Å². The highest BCUT2D eigenvalue weighted by molar-refractivity contribution is 5.92. The molecule has 2 rings (SSSR count). The van der Waals surface area contributed by atoms with Crippen LogP contribution in [0.5, 0.6) is 5.75 Å². The fourth-order valence-corrected chi connectivity index (χ4v) is 2.50. The van der Waals surface area contributed by atoms with Crippen molar-refractivity contribution in [2.45, 2.75) is 19.8 Å². The predicted molar refractivity (Wildman–Crippen MR) is 89.6 cm³/mol. The standard InChI is InChI=1S/C16H24N2O3.ClH/c1-12(13-6-9-20-10-7-13)16(19)18-14-2-4-15(5-3-14)21-11-8-17;/h2-5,12-13H,6-11,17H2,1H3,(H,18,19);1H. The number of hydrogen-bond donors (Lipinski definition) is 2. The van der Waals surface area contributed by atoms with Crippen LogP contribution in [-0.4, -0.2) is 32.3 Å².